The first-order chi connectivity index (χ1) is 15.7. The van der Waals surface area contributed by atoms with Gasteiger partial charge in [0.05, 0.1) is 0 Å². The summed E-state index contributed by atoms with van der Waals surface area (Å²) in [6.45, 7) is 15.4. The smallest absolute Gasteiger partial charge is 0.333 e. The number of hydrogen-bond donors (Lipinski definition) is 0. The van der Waals surface area contributed by atoms with Crippen molar-refractivity contribution in [1.29, 1.82) is 0 Å². The molecule has 0 spiro atoms. The molecule has 0 N–H and O–H groups in total. The van der Waals surface area contributed by atoms with E-state index in [0.717, 1.165) is 0 Å². The van der Waals surface area contributed by atoms with Crippen LogP contribution in [0.3, 0.4) is 0 Å². The monoisotopic (exact) mass is 502 g/mol. The van der Waals surface area contributed by atoms with Gasteiger partial charge in [-0.15, -0.1) is 23.5 Å². The Balaban J connectivity index is 1.86. The first-order valence-electron chi connectivity index (χ1n) is 10.5. The molecule has 0 aliphatic rings. The molecule has 0 saturated heterocycles. The van der Waals surface area contributed by atoms with Crippen molar-refractivity contribution in [3.8, 4) is 0 Å². The third kappa shape index (κ3) is 9.35. The molecule has 0 amide bonds. The second-order valence-electron chi connectivity index (χ2n) is 7.49. The van der Waals surface area contributed by atoms with E-state index in [1.165, 1.54) is 30.7 Å². The standard InChI is InChI=1S/C26H30O4S3/c1-17(2)25(27)29-11-13-31-23-9-7-21(15-19(23)5)33-22-8-10-24(20(6)16-22)32-14-12-30-26(28)18(3)4/h7-10,15-16H,1,3,11-14H2,2,4-6H3. The predicted molar refractivity (Wildman–Crippen MR) is 139 cm³/mol. The summed E-state index contributed by atoms with van der Waals surface area (Å²) in [5.74, 6) is 0.726. The lowest BCUT2D eigenvalue weighted by atomic mass is 10.2. The molecule has 2 aromatic rings. The summed E-state index contributed by atoms with van der Waals surface area (Å²) in [5.41, 5.74) is 3.24. The van der Waals surface area contributed by atoms with Gasteiger partial charge in [-0.2, -0.15) is 0 Å². The van der Waals surface area contributed by atoms with Crippen LogP contribution >= 0.6 is 35.3 Å². The number of esters is 2. The number of carbonyl (C=O) groups excluding carboxylic acids is 2. The number of ether oxygens (including phenoxy) is 2. The number of aryl methyl sites for hydroxylation is 2. The van der Waals surface area contributed by atoms with Gasteiger partial charge in [-0.25, -0.2) is 9.59 Å². The fraction of sp³-hybridized carbons (Fsp3) is 0.308. The number of thioether (sulfide) groups is 2. The van der Waals surface area contributed by atoms with E-state index >= 15 is 0 Å². The van der Waals surface area contributed by atoms with E-state index in [9.17, 15) is 9.59 Å². The van der Waals surface area contributed by atoms with Crippen molar-refractivity contribution >= 4 is 47.2 Å². The Bertz CT molecular complexity index is 949. The molecular weight excluding hydrogens is 472 g/mol. The number of carbonyl (C=O) groups is 2. The lowest BCUT2D eigenvalue weighted by Crippen LogP contribution is -2.07. The van der Waals surface area contributed by atoms with E-state index in [4.69, 9.17) is 9.47 Å². The summed E-state index contributed by atoms with van der Waals surface area (Å²) in [7, 11) is 0. The molecule has 7 heteroatoms. The lowest BCUT2D eigenvalue weighted by Gasteiger charge is -2.11. The molecule has 0 bridgehead atoms. The largest absolute Gasteiger partial charge is 0.461 e. The van der Waals surface area contributed by atoms with Crippen LogP contribution in [0.1, 0.15) is 25.0 Å². The normalized spacial score (nSPS) is 10.5. The minimum absolute atomic E-state index is 0.343. The van der Waals surface area contributed by atoms with Crippen molar-refractivity contribution in [2.45, 2.75) is 47.3 Å². The minimum Gasteiger partial charge on any atom is -0.461 e. The number of benzene rings is 2. The van der Waals surface area contributed by atoms with Crippen LogP contribution in [0.4, 0.5) is 0 Å². The third-order valence-corrected chi connectivity index (χ3v) is 7.63. The van der Waals surface area contributed by atoms with E-state index < -0.39 is 0 Å². The van der Waals surface area contributed by atoms with Crippen molar-refractivity contribution in [3.05, 3.63) is 71.8 Å². The van der Waals surface area contributed by atoms with Crippen LogP contribution in [0.25, 0.3) is 0 Å². The Hall–Kier alpha value is -2.09. The Labute approximate surface area is 209 Å². The SMILES string of the molecule is C=C(C)C(=O)OCCSc1ccc(Sc2ccc(SCCOC(=O)C(=C)C)c(C)c2)cc1C. The zero-order valence-electron chi connectivity index (χ0n) is 19.6. The zero-order chi connectivity index (χ0) is 24.4. The average molecular weight is 503 g/mol. The first kappa shape index (κ1) is 27.2. The van der Waals surface area contributed by atoms with Crippen molar-refractivity contribution < 1.29 is 19.1 Å². The molecule has 0 aromatic heterocycles. The maximum atomic E-state index is 11.4. The minimum atomic E-state index is -0.343. The van der Waals surface area contributed by atoms with E-state index in [0.29, 0.717) is 35.9 Å². The van der Waals surface area contributed by atoms with Gasteiger partial charge in [0.15, 0.2) is 0 Å². The molecule has 0 saturated carbocycles. The summed E-state index contributed by atoms with van der Waals surface area (Å²) >= 11 is 5.08. The highest BCUT2D eigenvalue weighted by Gasteiger charge is 2.08. The molecule has 0 aliphatic carbocycles. The Morgan fingerprint density at radius 1 is 0.758 bits per heavy atom. The van der Waals surface area contributed by atoms with Crippen LogP contribution in [0.15, 0.2) is 80.3 Å². The van der Waals surface area contributed by atoms with Crippen molar-refractivity contribution in [2.75, 3.05) is 24.7 Å². The third-order valence-electron chi connectivity index (χ3n) is 4.37. The highest BCUT2D eigenvalue weighted by molar-refractivity contribution is 8.00. The van der Waals surface area contributed by atoms with E-state index in [1.54, 1.807) is 49.1 Å². The molecular formula is C26H30O4S3. The first-order valence-corrected chi connectivity index (χ1v) is 13.3. The maximum absolute atomic E-state index is 11.4. The van der Waals surface area contributed by atoms with Crippen molar-refractivity contribution in [1.82, 2.24) is 0 Å². The van der Waals surface area contributed by atoms with Gasteiger partial charge in [0.25, 0.3) is 0 Å². The topological polar surface area (TPSA) is 52.6 Å². The highest BCUT2D eigenvalue weighted by atomic mass is 32.2. The summed E-state index contributed by atoms with van der Waals surface area (Å²) in [6.07, 6.45) is 0. The van der Waals surface area contributed by atoms with E-state index in [2.05, 4.69) is 63.4 Å². The van der Waals surface area contributed by atoms with Crippen LogP contribution < -0.4 is 0 Å². The van der Waals surface area contributed by atoms with Gasteiger partial charge in [0, 0.05) is 42.2 Å². The summed E-state index contributed by atoms with van der Waals surface area (Å²) in [6, 6.07) is 12.8. The quantitative estimate of drug-likeness (QED) is 0.136. The van der Waals surface area contributed by atoms with E-state index in [-0.39, 0.29) is 11.9 Å². The van der Waals surface area contributed by atoms with Gasteiger partial charge >= 0.3 is 11.9 Å². The van der Waals surface area contributed by atoms with Gasteiger partial charge in [0.2, 0.25) is 0 Å². The summed E-state index contributed by atoms with van der Waals surface area (Å²) in [5, 5.41) is 0. The molecule has 0 atom stereocenters. The van der Waals surface area contributed by atoms with Gasteiger partial charge < -0.3 is 9.47 Å². The lowest BCUT2D eigenvalue weighted by molar-refractivity contribution is -0.139. The molecule has 0 aliphatic heterocycles. The second-order valence-corrected chi connectivity index (χ2v) is 10.9. The fourth-order valence-electron chi connectivity index (χ4n) is 2.65. The van der Waals surface area contributed by atoms with Crippen LogP contribution in [0.2, 0.25) is 0 Å². The van der Waals surface area contributed by atoms with Gasteiger partial charge in [0.1, 0.15) is 13.2 Å². The molecule has 2 aromatic carbocycles. The molecule has 4 nitrogen and oxygen atoms in total. The van der Waals surface area contributed by atoms with Gasteiger partial charge in [-0.05, 0) is 75.2 Å². The van der Waals surface area contributed by atoms with Crippen LogP contribution in [-0.4, -0.2) is 36.7 Å². The van der Waals surface area contributed by atoms with Crippen molar-refractivity contribution in [2.24, 2.45) is 0 Å². The molecule has 0 radical (unpaired) electrons. The van der Waals surface area contributed by atoms with E-state index in [1.807, 2.05) is 0 Å². The molecule has 0 heterocycles. The molecule has 176 valence electrons. The average Bonchev–Trinajstić information content (AvgIpc) is 2.76. The Morgan fingerprint density at radius 2 is 1.15 bits per heavy atom. The number of rotatable bonds is 12. The molecule has 0 fully saturated rings. The molecule has 0 unspecified atom stereocenters. The highest BCUT2D eigenvalue weighted by Crippen LogP contribution is 2.34. The predicted octanol–water partition coefficient (Wildman–Crippen LogP) is 6.88. The molecule has 2 rings (SSSR count). The summed E-state index contributed by atoms with van der Waals surface area (Å²) in [4.78, 5) is 27.6. The fourth-order valence-corrected chi connectivity index (χ4v) is 5.34. The maximum Gasteiger partial charge on any atom is 0.333 e. The van der Waals surface area contributed by atoms with Crippen LogP contribution in [-0.2, 0) is 19.1 Å². The van der Waals surface area contributed by atoms with Crippen molar-refractivity contribution in [3.63, 3.8) is 0 Å². The Morgan fingerprint density at radius 3 is 1.48 bits per heavy atom. The van der Waals surface area contributed by atoms with Crippen LogP contribution in [0, 0.1) is 13.8 Å². The molecule has 33 heavy (non-hydrogen) atoms. The number of hydrogen-bond acceptors (Lipinski definition) is 7. The zero-order valence-corrected chi connectivity index (χ0v) is 22.0. The second kappa shape index (κ2) is 13.6. The van der Waals surface area contributed by atoms with Crippen LogP contribution in [0.5, 0.6) is 0 Å². The van der Waals surface area contributed by atoms with Gasteiger partial charge in [-0.1, -0.05) is 24.9 Å². The van der Waals surface area contributed by atoms with Gasteiger partial charge in [-0.3, -0.25) is 0 Å². The Kier molecular flexibility index (Phi) is 11.2. The summed E-state index contributed by atoms with van der Waals surface area (Å²) < 4.78 is 10.3.